The largest absolute Gasteiger partial charge is 0.415 e. The quantitative estimate of drug-likeness (QED) is 0.310. The van der Waals surface area contributed by atoms with Crippen LogP contribution in [0.25, 0.3) is 11.2 Å². The Hall–Kier alpha value is -3.67. The van der Waals surface area contributed by atoms with Crippen LogP contribution in [-0.4, -0.2) is 84.6 Å². The van der Waals surface area contributed by atoms with Crippen molar-refractivity contribution in [1.29, 1.82) is 0 Å². The molecule has 2 saturated heterocycles. The monoisotopic (exact) mass is 617 g/mol. The van der Waals surface area contributed by atoms with Gasteiger partial charge in [-0.3, -0.25) is 9.36 Å². The van der Waals surface area contributed by atoms with Crippen LogP contribution in [0.1, 0.15) is 38.2 Å². The summed E-state index contributed by atoms with van der Waals surface area (Å²) in [4.78, 5) is 39.3. The van der Waals surface area contributed by atoms with Gasteiger partial charge in [-0.2, -0.15) is 0 Å². The number of imidazole rings is 1. The van der Waals surface area contributed by atoms with Gasteiger partial charge in [0.15, 0.2) is 23.8 Å². The Balaban J connectivity index is 1.21. The lowest BCUT2D eigenvalue weighted by molar-refractivity contribution is -0.137. The number of likely N-dealkylation sites (tertiary alicyclic amines) is 1. The highest BCUT2D eigenvalue weighted by Gasteiger charge is 2.47. The van der Waals surface area contributed by atoms with Gasteiger partial charge in [-0.25, -0.2) is 19.7 Å². The fourth-order valence-electron chi connectivity index (χ4n) is 4.86. The number of nitrogens with one attached hydrogen (secondary N) is 1. The van der Waals surface area contributed by atoms with Gasteiger partial charge in [0.05, 0.1) is 16.4 Å². The Bertz CT molecular complexity index is 1550. The zero-order valence-electron chi connectivity index (χ0n) is 22.5. The van der Waals surface area contributed by atoms with Crippen LogP contribution in [0.5, 0.6) is 5.75 Å². The van der Waals surface area contributed by atoms with E-state index in [0.29, 0.717) is 41.8 Å². The van der Waals surface area contributed by atoms with Crippen LogP contribution in [-0.2, 0) is 9.53 Å². The van der Waals surface area contributed by atoms with Crippen molar-refractivity contribution in [3.8, 4) is 17.6 Å². The van der Waals surface area contributed by atoms with Gasteiger partial charge in [-0.15, -0.1) is 0 Å². The number of carbonyl (C=O) groups excluding carboxylic acids is 2. The summed E-state index contributed by atoms with van der Waals surface area (Å²) in [5.74, 6) is 6.32. The molecule has 0 saturated carbocycles. The summed E-state index contributed by atoms with van der Waals surface area (Å²) in [6, 6.07) is 4.65. The van der Waals surface area contributed by atoms with Crippen molar-refractivity contribution in [2.45, 2.75) is 50.7 Å². The van der Waals surface area contributed by atoms with Crippen molar-refractivity contribution in [3.63, 3.8) is 0 Å². The minimum Gasteiger partial charge on any atom is -0.410 e. The van der Waals surface area contributed by atoms with Gasteiger partial charge < -0.3 is 35.6 Å². The summed E-state index contributed by atoms with van der Waals surface area (Å²) < 4.78 is 12.5. The summed E-state index contributed by atoms with van der Waals surface area (Å²) in [5, 5.41) is 24.2. The van der Waals surface area contributed by atoms with Gasteiger partial charge in [0.2, 0.25) is 5.82 Å². The summed E-state index contributed by atoms with van der Waals surface area (Å²) >= 11 is 11.9. The number of nitrogens with zero attached hydrogens (tertiary/aromatic N) is 5. The first-order valence-corrected chi connectivity index (χ1v) is 14.1. The molecule has 2 aliphatic heterocycles. The number of rotatable bonds is 5. The number of aliphatic hydroxyl groups is 2. The van der Waals surface area contributed by atoms with Crippen molar-refractivity contribution in [1.82, 2.24) is 29.7 Å². The number of nitrogens with two attached hydrogens (primary N) is 1. The zero-order chi connectivity index (χ0) is 30.0. The molecule has 3 aromatic rings. The molecule has 4 heterocycles. The number of piperidine rings is 1. The molecule has 0 aliphatic carbocycles. The van der Waals surface area contributed by atoms with E-state index in [1.54, 1.807) is 24.0 Å². The van der Waals surface area contributed by atoms with Crippen LogP contribution in [0.15, 0.2) is 24.5 Å². The normalized spacial score (nSPS) is 22.5. The van der Waals surface area contributed by atoms with Crippen molar-refractivity contribution >= 4 is 52.2 Å². The number of amides is 2. The van der Waals surface area contributed by atoms with Gasteiger partial charge in [0.25, 0.3) is 5.91 Å². The first-order valence-electron chi connectivity index (χ1n) is 13.4. The molecular formula is C27H29Cl2N7O6. The van der Waals surface area contributed by atoms with Crippen LogP contribution < -0.4 is 15.8 Å². The number of aliphatic hydroxyl groups excluding tert-OH is 2. The zero-order valence-corrected chi connectivity index (χ0v) is 24.0. The van der Waals surface area contributed by atoms with Crippen molar-refractivity contribution in [2.75, 3.05) is 25.4 Å². The van der Waals surface area contributed by atoms with E-state index < -0.39 is 36.5 Å². The Morgan fingerprint density at radius 1 is 1.19 bits per heavy atom. The van der Waals surface area contributed by atoms with Crippen molar-refractivity contribution in [3.05, 3.63) is 40.4 Å². The van der Waals surface area contributed by atoms with E-state index in [9.17, 15) is 19.8 Å². The summed E-state index contributed by atoms with van der Waals surface area (Å²) in [7, 11) is 0. The molecule has 0 bridgehead atoms. The second-order valence-electron chi connectivity index (χ2n) is 9.96. The van der Waals surface area contributed by atoms with Gasteiger partial charge in [0, 0.05) is 32.1 Å². The minimum atomic E-state index is -1.44. The first-order chi connectivity index (χ1) is 20.2. The van der Waals surface area contributed by atoms with Crippen LogP contribution >= 0.6 is 23.2 Å². The predicted molar refractivity (Wildman–Crippen MR) is 153 cm³/mol. The summed E-state index contributed by atoms with van der Waals surface area (Å²) in [6.07, 6.45) is -2.29. The van der Waals surface area contributed by atoms with Crippen molar-refractivity contribution < 1.29 is 29.3 Å². The van der Waals surface area contributed by atoms with Gasteiger partial charge in [0.1, 0.15) is 23.5 Å². The number of carbonyl (C=O) groups is 2. The molecule has 1 unspecified atom stereocenters. The molecule has 1 aromatic carbocycles. The number of anilines is 1. The highest BCUT2D eigenvalue weighted by atomic mass is 35.5. The Morgan fingerprint density at radius 3 is 2.67 bits per heavy atom. The molecule has 5 rings (SSSR count). The number of aromatic nitrogens is 4. The average molecular weight is 618 g/mol. The fourth-order valence-corrected chi connectivity index (χ4v) is 5.15. The van der Waals surface area contributed by atoms with E-state index in [1.165, 1.54) is 17.0 Å². The second kappa shape index (κ2) is 12.7. The summed E-state index contributed by atoms with van der Waals surface area (Å²) in [5.41, 5.74) is 6.61. The molecule has 0 spiro atoms. The molecule has 5 N–H and O–H groups in total. The molecule has 222 valence electrons. The van der Waals surface area contributed by atoms with Crippen LogP contribution in [0.4, 0.5) is 10.6 Å². The van der Waals surface area contributed by atoms with E-state index in [-0.39, 0.29) is 28.7 Å². The van der Waals surface area contributed by atoms with E-state index in [4.69, 9.17) is 38.4 Å². The van der Waals surface area contributed by atoms with E-state index >= 15 is 0 Å². The highest BCUT2D eigenvalue weighted by Crippen LogP contribution is 2.32. The molecule has 42 heavy (non-hydrogen) atoms. The Morgan fingerprint density at radius 2 is 1.95 bits per heavy atom. The molecule has 0 radical (unpaired) electrons. The molecule has 13 nitrogen and oxygen atoms in total. The third-order valence-electron chi connectivity index (χ3n) is 7.13. The molecule has 2 amide bonds. The molecule has 2 aromatic heterocycles. The van der Waals surface area contributed by atoms with Crippen LogP contribution in [0, 0.1) is 17.8 Å². The number of hydrogen-bond donors (Lipinski definition) is 4. The first kappa shape index (κ1) is 29.8. The SMILES string of the molecule is CCNC(=O)[C@H]1O[C@@H](n2cnc3c(N)nc(C#CCC4CCN(C(=O)Oc5ccc(Cl)c(Cl)c5)CC4)nc32)[C@@H](O)C1O. The third-order valence-corrected chi connectivity index (χ3v) is 7.87. The Labute approximate surface area is 250 Å². The molecule has 4 atom stereocenters. The molecule has 2 fully saturated rings. The maximum atomic E-state index is 12.5. The van der Waals surface area contributed by atoms with E-state index in [0.717, 1.165) is 12.8 Å². The smallest absolute Gasteiger partial charge is 0.410 e. The number of hydrogen-bond acceptors (Lipinski definition) is 10. The Kier molecular flexibility index (Phi) is 9.00. The van der Waals surface area contributed by atoms with E-state index in [2.05, 4.69) is 32.1 Å². The van der Waals surface area contributed by atoms with Gasteiger partial charge >= 0.3 is 6.09 Å². The third kappa shape index (κ3) is 6.23. The number of likely N-dealkylation sites (N-methyl/N-ethyl adjacent to an activating group) is 1. The van der Waals surface area contributed by atoms with E-state index in [1.807, 2.05) is 0 Å². The fraction of sp³-hybridized carbons (Fsp3) is 0.444. The lowest BCUT2D eigenvalue weighted by Crippen LogP contribution is -2.42. The lowest BCUT2D eigenvalue weighted by Gasteiger charge is -2.30. The van der Waals surface area contributed by atoms with Crippen LogP contribution in [0.2, 0.25) is 10.0 Å². The number of halogens is 2. The highest BCUT2D eigenvalue weighted by molar-refractivity contribution is 6.42. The number of benzene rings is 1. The summed E-state index contributed by atoms with van der Waals surface area (Å²) in [6.45, 7) is 3.12. The maximum Gasteiger partial charge on any atom is 0.415 e. The number of fused-ring (bicyclic) bond motifs is 1. The maximum absolute atomic E-state index is 12.5. The predicted octanol–water partition coefficient (Wildman–Crippen LogP) is 2.12. The van der Waals surface area contributed by atoms with Gasteiger partial charge in [-0.05, 0) is 43.7 Å². The van der Waals surface area contributed by atoms with Gasteiger partial charge in [-0.1, -0.05) is 29.1 Å². The van der Waals surface area contributed by atoms with Crippen molar-refractivity contribution in [2.24, 2.45) is 5.92 Å². The minimum absolute atomic E-state index is 0.0881. The molecular weight excluding hydrogens is 589 g/mol. The number of ether oxygens (including phenoxy) is 2. The second-order valence-corrected chi connectivity index (χ2v) is 10.8. The standard InChI is InChI=1S/C27H29Cl2N7O6/c1-2-31-25(39)22-20(37)21(38)26(42-22)36-13-32-19-23(30)33-18(34-24(19)36)5-3-4-14-8-10-35(11-9-14)27(40)41-15-6-7-16(28)17(29)12-15/h6-7,12-14,20-22,26,37-38H,2,4,8-11H2,1H3,(H,31,39)(H2,30,33,34)/t20?,21-,22-,26+/m0/s1. The number of nitrogen functional groups attached to an aromatic ring is 1. The molecule has 15 heteroatoms. The average Bonchev–Trinajstić information content (AvgIpc) is 3.52. The topological polar surface area (TPSA) is 178 Å². The molecule has 2 aliphatic rings. The lowest BCUT2D eigenvalue weighted by atomic mass is 9.94. The van der Waals surface area contributed by atoms with Crippen LogP contribution in [0.3, 0.4) is 0 Å².